The number of carbonyl (C=O) groups excluding carboxylic acids is 4. The molecule has 5 N–H and O–H groups in total. The number of hydrogen-bond acceptors (Lipinski definition) is 10. The molecule has 0 radical (unpaired) electrons. The Balaban J connectivity index is 4.57. The maximum atomic E-state index is 11.6. The molecule has 0 aromatic carbocycles. The number of esters is 2. The molecule has 0 bridgehead atoms. The minimum Gasteiger partial charge on any atom is -0.469 e. The third-order valence-electron chi connectivity index (χ3n) is 3.03. The molecule has 11 nitrogen and oxygen atoms in total. The smallest absolute Gasteiger partial charge is 0.325 e. The summed E-state index contributed by atoms with van der Waals surface area (Å²) in [6, 6.07) is 0. The fourth-order valence-corrected chi connectivity index (χ4v) is 1.53. The fourth-order valence-electron chi connectivity index (χ4n) is 1.53. The third-order valence-corrected chi connectivity index (χ3v) is 3.03. The van der Waals surface area contributed by atoms with Crippen molar-refractivity contribution in [3.63, 3.8) is 0 Å². The number of Topliss-reactive ketones (excluding diaryl/α,β-unsaturated/α-hetero) is 1. The minimum absolute atomic E-state index is 0.350. The van der Waals surface area contributed by atoms with E-state index in [1.807, 2.05) is 5.32 Å². The molecule has 0 saturated carbocycles. The van der Waals surface area contributed by atoms with Gasteiger partial charge in [0, 0.05) is 6.42 Å². The van der Waals surface area contributed by atoms with E-state index in [2.05, 4.69) is 9.47 Å². The zero-order valence-corrected chi connectivity index (χ0v) is 13.2. The molecule has 1 amide bonds. The van der Waals surface area contributed by atoms with Crippen molar-refractivity contribution < 1.29 is 49.1 Å². The lowest BCUT2D eigenvalue weighted by Gasteiger charge is -2.25. The molecular formula is C13H21NO10. The van der Waals surface area contributed by atoms with Crippen molar-refractivity contribution in [3.05, 3.63) is 0 Å². The maximum Gasteiger partial charge on any atom is 0.325 e. The van der Waals surface area contributed by atoms with Crippen LogP contribution in [0.3, 0.4) is 0 Å². The number of rotatable bonds is 10. The molecule has 0 aromatic rings. The molecule has 0 fully saturated rings. The highest BCUT2D eigenvalue weighted by Gasteiger charge is 2.37. The Labute approximate surface area is 137 Å². The van der Waals surface area contributed by atoms with Gasteiger partial charge in [-0.05, 0) is 0 Å². The number of hydrogen-bond donors (Lipinski definition) is 5. The lowest BCUT2D eigenvalue weighted by atomic mass is 9.97. The minimum atomic E-state index is -2.22. The Morgan fingerprint density at radius 2 is 1.33 bits per heavy atom. The van der Waals surface area contributed by atoms with Gasteiger partial charge in [-0.2, -0.15) is 0 Å². The molecule has 0 rings (SSSR count). The van der Waals surface area contributed by atoms with Crippen molar-refractivity contribution >= 4 is 23.6 Å². The van der Waals surface area contributed by atoms with E-state index in [-0.39, 0.29) is 6.42 Å². The van der Waals surface area contributed by atoms with Crippen molar-refractivity contribution in [3.8, 4) is 0 Å². The topological polar surface area (TPSA) is 180 Å². The normalized spacial score (nSPS) is 15.6. The summed E-state index contributed by atoms with van der Waals surface area (Å²) in [6.07, 6.45) is -9.56. The van der Waals surface area contributed by atoms with Crippen LogP contribution >= 0.6 is 0 Å². The summed E-state index contributed by atoms with van der Waals surface area (Å²) >= 11 is 0. The van der Waals surface area contributed by atoms with Crippen LogP contribution in [0.5, 0.6) is 0 Å². The Bertz CT molecular complexity index is 424. The molecule has 0 saturated heterocycles. The molecule has 138 valence electrons. The van der Waals surface area contributed by atoms with Crippen molar-refractivity contribution in [2.45, 2.75) is 37.3 Å². The zero-order valence-electron chi connectivity index (χ0n) is 13.2. The number of methoxy groups -OCH3 is 2. The second kappa shape index (κ2) is 10.6. The molecule has 0 spiro atoms. The monoisotopic (exact) mass is 351 g/mol. The molecule has 0 aliphatic rings. The van der Waals surface area contributed by atoms with Crippen LogP contribution in [-0.4, -0.2) is 89.2 Å². The number of aliphatic hydroxyl groups excluding tert-OH is 4. The SMILES string of the molecule is COC(=O)CCC(=O)[C@@H](O)[C@@H](O)[C@H](O)[C@@H](O)C(=O)NCC(=O)OC. The first-order valence-corrected chi connectivity index (χ1v) is 6.82. The summed E-state index contributed by atoms with van der Waals surface area (Å²) in [7, 11) is 2.17. The summed E-state index contributed by atoms with van der Waals surface area (Å²) in [6.45, 7) is -0.587. The summed E-state index contributed by atoms with van der Waals surface area (Å²) < 4.78 is 8.54. The number of ether oxygens (including phenoxy) is 2. The molecule has 0 aromatic heterocycles. The van der Waals surface area contributed by atoms with Crippen LogP contribution in [-0.2, 0) is 28.7 Å². The van der Waals surface area contributed by atoms with Crippen LogP contribution in [0.1, 0.15) is 12.8 Å². The molecule has 4 atom stereocenters. The molecular weight excluding hydrogens is 330 g/mol. The van der Waals surface area contributed by atoms with Gasteiger partial charge in [0.1, 0.15) is 24.9 Å². The third kappa shape index (κ3) is 7.00. The predicted molar refractivity (Wildman–Crippen MR) is 75.3 cm³/mol. The first-order valence-electron chi connectivity index (χ1n) is 6.82. The second-order valence-corrected chi connectivity index (χ2v) is 4.71. The number of ketones is 1. The van der Waals surface area contributed by atoms with Crippen molar-refractivity contribution in [2.24, 2.45) is 0 Å². The Kier molecular flexibility index (Phi) is 9.73. The molecule has 24 heavy (non-hydrogen) atoms. The quantitative estimate of drug-likeness (QED) is 0.245. The highest BCUT2D eigenvalue weighted by molar-refractivity contribution is 5.87. The standard InChI is InChI=1S/C13H21NO10/c1-23-7(16)4-3-6(15)9(18)10(19)11(20)12(21)13(22)14-5-8(17)24-2/h9-12,18-21H,3-5H2,1-2H3,(H,14,22)/t9-,10-,11+,12-/m1/s1. The number of amides is 1. The van der Waals surface area contributed by atoms with Gasteiger partial charge in [-0.25, -0.2) is 0 Å². The van der Waals surface area contributed by atoms with E-state index < -0.39 is 61.0 Å². The predicted octanol–water partition coefficient (Wildman–Crippen LogP) is -3.76. The van der Waals surface area contributed by atoms with Crippen LogP contribution < -0.4 is 5.32 Å². The van der Waals surface area contributed by atoms with Crippen LogP contribution in [0.25, 0.3) is 0 Å². The molecule has 0 heterocycles. The number of nitrogens with one attached hydrogen (secondary N) is 1. The Morgan fingerprint density at radius 3 is 1.83 bits per heavy atom. The van der Waals surface area contributed by atoms with E-state index >= 15 is 0 Å². The summed E-state index contributed by atoms with van der Waals surface area (Å²) in [5.41, 5.74) is 0. The van der Waals surface area contributed by atoms with Gasteiger partial charge in [-0.15, -0.1) is 0 Å². The zero-order chi connectivity index (χ0) is 18.9. The highest BCUT2D eigenvalue weighted by Crippen LogP contribution is 2.09. The Hall–Kier alpha value is -2.08. The van der Waals surface area contributed by atoms with Gasteiger partial charge >= 0.3 is 11.9 Å². The molecule has 0 aliphatic heterocycles. The van der Waals surface area contributed by atoms with Gasteiger partial charge in [0.2, 0.25) is 0 Å². The highest BCUT2D eigenvalue weighted by atomic mass is 16.5. The van der Waals surface area contributed by atoms with E-state index in [1.165, 1.54) is 0 Å². The van der Waals surface area contributed by atoms with Crippen LogP contribution in [0.15, 0.2) is 0 Å². The lowest BCUT2D eigenvalue weighted by molar-refractivity contribution is -0.156. The van der Waals surface area contributed by atoms with Gasteiger partial charge < -0.3 is 35.2 Å². The lowest BCUT2D eigenvalue weighted by Crippen LogP contribution is -2.53. The van der Waals surface area contributed by atoms with Crippen molar-refractivity contribution in [1.82, 2.24) is 5.32 Å². The molecule has 0 unspecified atom stereocenters. The summed E-state index contributed by atoms with van der Waals surface area (Å²) in [5, 5.41) is 40.4. The van der Waals surface area contributed by atoms with Gasteiger partial charge in [0.05, 0.1) is 20.6 Å². The largest absolute Gasteiger partial charge is 0.469 e. The van der Waals surface area contributed by atoms with Gasteiger partial charge in [-0.3, -0.25) is 19.2 Å². The average molecular weight is 351 g/mol. The summed E-state index contributed by atoms with van der Waals surface area (Å²) in [4.78, 5) is 44.8. The molecule has 0 aliphatic carbocycles. The van der Waals surface area contributed by atoms with E-state index in [0.29, 0.717) is 0 Å². The van der Waals surface area contributed by atoms with Gasteiger partial charge in [0.15, 0.2) is 11.9 Å². The first kappa shape index (κ1) is 21.9. The number of carbonyl (C=O) groups is 4. The van der Waals surface area contributed by atoms with E-state index in [0.717, 1.165) is 14.2 Å². The Morgan fingerprint density at radius 1 is 0.833 bits per heavy atom. The average Bonchev–Trinajstić information content (AvgIpc) is 2.60. The second-order valence-electron chi connectivity index (χ2n) is 4.71. The van der Waals surface area contributed by atoms with Crippen LogP contribution in [0.2, 0.25) is 0 Å². The van der Waals surface area contributed by atoms with Crippen molar-refractivity contribution in [1.29, 1.82) is 0 Å². The van der Waals surface area contributed by atoms with Crippen molar-refractivity contribution in [2.75, 3.05) is 20.8 Å². The van der Waals surface area contributed by atoms with E-state index in [1.54, 1.807) is 0 Å². The van der Waals surface area contributed by atoms with Gasteiger partial charge in [-0.1, -0.05) is 0 Å². The van der Waals surface area contributed by atoms with Crippen LogP contribution in [0.4, 0.5) is 0 Å². The van der Waals surface area contributed by atoms with Gasteiger partial charge in [0.25, 0.3) is 5.91 Å². The van der Waals surface area contributed by atoms with Crippen LogP contribution in [0, 0.1) is 0 Å². The molecule has 11 heteroatoms. The van der Waals surface area contributed by atoms with E-state index in [4.69, 9.17) is 0 Å². The van der Waals surface area contributed by atoms with E-state index in [9.17, 15) is 39.6 Å². The fraction of sp³-hybridized carbons (Fsp3) is 0.692. The first-order chi connectivity index (χ1) is 11.1. The maximum absolute atomic E-state index is 11.6. The summed E-state index contributed by atoms with van der Waals surface area (Å²) in [5.74, 6) is -3.74. The number of aliphatic hydroxyl groups is 4.